The zero-order valence-corrected chi connectivity index (χ0v) is 11.1. The van der Waals surface area contributed by atoms with Gasteiger partial charge in [0.2, 0.25) is 0 Å². The molecule has 9 heteroatoms. The van der Waals surface area contributed by atoms with Crippen molar-refractivity contribution in [3.05, 3.63) is 34.5 Å². The first kappa shape index (κ1) is 15.6. The number of carbonyl (C=O) groups is 1. The van der Waals surface area contributed by atoms with Crippen molar-refractivity contribution in [1.82, 2.24) is 4.57 Å². The lowest BCUT2D eigenvalue weighted by molar-refractivity contribution is -0.291. The van der Waals surface area contributed by atoms with Gasteiger partial charge in [-0.05, 0) is 18.2 Å². The van der Waals surface area contributed by atoms with Crippen LogP contribution in [0.1, 0.15) is 16.1 Å². The minimum absolute atomic E-state index is 0.0254. The molecule has 21 heavy (non-hydrogen) atoms. The fraction of sp³-hybridized carbons (Fsp3) is 0.250. The molecule has 0 aliphatic carbocycles. The van der Waals surface area contributed by atoms with E-state index in [2.05, 4.69) is 0 Å². The maximum Gasteiger partial charge on any atom is 0.459 e. The Bertz CT molecular complexity index is 735. The first-order valence-corrected chi connectivity index (χ1v) is 5.82. The van der Waals surface area contributed by atoms with Crippen LogP contribution in [0.4, 0.5) is 22.0 Å². The van der Waals surface area contributed by atoms with E-state index < -0.39 is 29.3 Å². The number of aromatic carboxylic acids is 1. The first-order valence-electron chi connectivity index (χ1n) is 5.44. The van der Waals surface area contributed by atoms with E-state index in [4.69, 9.17) is 16.7 Å². The Morgan fingerprint density at radius 3 is 2.29 bits per heavy atom. The molecule has 1 N–H and O–H groups in total. The van der Waals surface area contributed by atoms with Crippen molar-refractivity contribution in [3.8, 4) is 0 Å². The lowest BCUT2D eigenvalue weighted by Gasteiger charge is -2.21. The van der Waals surface area contributed by atoms with Crippen LogP contribution in [0.2, 0.25) is 5.02 Å². The molecule has 0 unspecified atom stereocenters. The summed E-state index contributed by atoms with van der Waals surface area (Å²) in [5.74, 6) is -7.19. The van der Waals surface area contributed by atoms with Gasteiger partial charge in [-0.15, -0.1) is 0 Å². The highest BCUT2D eigenvalue weighted by molar-refractivity contribution is 6.31. The molecule has 2 aromatic rings. The van der Waals surface area contributed by atoms with Crippen LogP contribution >= 0.6 is 11.6 Å². The van der Waals surface area contributed by atoms with E-state index in [9.17, 15) is 26.7 Å². The van der Waals surface area contributed by atoms with Crippen molar-refractivity contribution in [2.24, 2.45) is 7.05 Å². The Morgan fingerprint density at radius 1 is 1.24 bits per heavy atom. The van der Waals surface area contributed by atoms with Gasteiger partial charge in [-0.1, -0.05) is 11.6 Å². The van der Waals surface area contributed by atoms with E-state index in [-0.39, 0.29) is 15.9 Å². The van der Waals surface area contributed by atoms with E-state index >= 15 is 0 Å². The molecule has 0 aliphatic rings. The summed E-state index contributed by atoms with van der Waals surface area (Å²) >= 11 is 5.65. The predicted molar refractivity (Wildman–Crippen MR) is 64.8 cm³/mol. The maximum atomic E-state index is 13.6. The molecule has 0 spiro atoms. The summed E-state index contributed by atoms with van der Waals surface area (Å²) in [4.78, 5) is 11.2. The number of alkyl halides is 5. The Labute approximate surface area is 119 Å². The number of fused-ring (bicyclic) bond motifs is 1. The van der Waals surface area contributed by atoms with Gasteiger partial charge in [0.1, 0.15) is 5.69 Å². The average Bonchev–Trinajstić information content (AvgIpc) is 2.61. The number of nitrogens with zero attached hydrogens (tertiary/aromatic N) is 1. The predicted octanol–water partition coefficient (Wildman–Crippen LogP) is 4.18. The monoisotopic (exact) mass is 327 g/mol. The fourth-order valence-corrected chi connectivity index (χ4v) is 2.31. The summed E-state index contributed by atoms with van der Waals surface area (Å²) in [5, 5.41) is 8.78. The molecule has 3 nitrogen and oxygen atoms in total. The SMILES string of the molecule is Cn1c(C(F)(F)C(F)(F)F)c(C(=O)O)c2cc(Cl)ccc21. The normalized spacial score (nSPS) is 12.9. The number of hydrogen-bond donors (Lipinski definition) is 1. The number of aromatic nitrogens is 1. The highest BCUT2D eigenvalue weighted by Gasteiger charge is 2.62. The molecule has 0 saturated carbocycles. The molecular weight excluding hydrogens is 321 g/mol. The summed E-state index contributed by atoms with van der Waals surface area (Å²) in [6, 6.07) is 3.49. The second-order valence-corrected chi connectivity index (χ2v) is 4.76. The second kappa shape index (κ2) is 4.59. The third kappa shape index (κ3) is 2.23. The van der Waals surface area contributed by atoms with Crippen molar-refractivity contribution < 1.29 is 31.9 Å². The number of aryl methyl sites for hydroxylation is 1. The van der Waals surface area contributed by atoms with Gasteiger partial charge in [0.15, 0.2) is 0 Å². The van der Waals surface area contributed by atoms with Crippen molar-refractivity contribution >= 4 is 28.5 Å². The molecule has 1 aromatic heterocycles. The minimum Gasteiger partial charge on any atom is -0.478 e. The van der Waals surface area contributed by atoms with E-state index in [1.165, 1.54) is 12.1 Å². The van der Waals surface area contributed by atoms with Crippen LogP contribution in [-0.4, -0.2) is 21.8 Å². The van der Waals surface area contributed by atoms with Crippen molar-refractivity contribution in [2.45, 2.75) is 12.1 Å². The van der Waals surface area contributed by atoms with Crippen molar-refractivity contribution in [2.75, 3.05) is 0 Å². The standard InChI is InChI=1S/C12H7ClF5NO2/c1-19-7-3-2-5(13)4-6(7)8(10(20)21)9(19)11(14,15)12(16,17)18/h2-4H,1H3,(H,20,21). The molecule has 0 saturated heterocycles. The maximum absolute atomic E-state index is 13.6. The molecule has 0 fully saturated rings. The summed E-state index contributed by atoms with van der Waals surface area (Å²) in [7, 11) is 0.942. The topological polar surface area (TPSA) is 42.2 Å². The van der Waals surface area contributed by atoms with Gasteiger partial charge >= 0.3 is 18.1 Å². The number of carboxylic acid groups (broad SMARTS) is 1. The zero-order chi connectivity index (χ0) is 16.2. The molecule has 0 aliphatic heterocycles. The fourth-order valence-electron chi connectivity index (χ4n) is 2.14. The Balaban J connectivity index is 2.96. The van der Waals surface area contributed by atoms with Crippen molar-refractivity contribution in [1.29, 1.82) is 0 Å². The Kier molecular flexibility index (Phi) is 3.40. The molecule has 1 aromatic carbocycles. The third-order valence-electron chi connectivity index (χ3n) is 3.03. The third-order valence-corrected chi connectivity index (χ3v) is 3.26. The van der Waals surface area contributed by atoms with E-state index in [0.29, 0.717) is 4.57 Å². The number of rotatable bonds is 2. The zero-order valence-electron chi connectivity index (χ0n) is 10.3. The molecule has 2 rings (SSSR count). The summed E-state index contributed by atoms with van der Waals surface area (Å²) in [6.07, 6.45) is -5.91. The largest absolute Gasteiger partial charge is 0.478 e. The van der Waals surface area contributed by atoms with Crippen LogP contribution in [0.25, 0.3) is 10.9 Å². The molecule has 0 amide bonds. The summed E-state index contributed by atoms with van der Waals surface area (Å²) in [6.45, 7) is 0. The highest BCUT2D eigenvalue weighted by Crippen LogP contribution is 2.47. The molecule has 1 heterocycles. The van der Waals surface area contributed by atoms with Gasteiger partial charge in [-0.25, -0.2) is 4.79 Å². The minimum atomic E-state index is -5.91. The molecule has 0 radical (unpaired) electrons. The number of hydrogen-bond acceptors (Lipinski definition) is 1. The van der Waals surface area contributed by atoms with E-state index in [0.717, 1.165) is 13.1 Å². The molecular formula is C12H7ClF5NO2. The van der Waals surface area contributed by atoms with Gasteiger partial charge in [0, 0.05) is 23.0 Å². The van der Waals surface area contributed by atoms with Gasteiger partial charge < -0.3 is 9.67 Å². The smallest absolute Gasteiger partial charge is 0.459 e. The van der Waals surface area contributed by atoms with Gasteiger partial charge in [0.25, 0.3) is 0 Å². The van der Waals surface area contributed by atoms with Crippen LogP contribution < -0.4 is 0 Å². The molecule has 0 atom stereocenters. The van der Waals surface area contributed by atoms with Gasteiger partial charge in [-0.3, -0.25) is 0 Å². The summed E-state index contributed by atoms with van der Waals surface area (Å²) in [5.41, 5.74) is -2.83. The van der Waals surface area contributed by atoms with Gasteiger partial charge in [0.05, 0.1) is 5.56 Å². The lowest BCUT2D eigenvalue weighted by atomic mass is 10.1. The Morgan fingerprint density at radius 2 is 1.81 bits per heavy atom. The average molecular weight is 328 g/mol. The van der Waals surface area contributed by atoms with Crippen LogP contribution in [-0.2, 0) is 13.0 Å². The number of carboxylic acids is 1. The Hall–Kier alpha value is -1.83. The van der Waals surface area contributed by atoms with Crippen LogP contribution in [0.15, 0.2) is 18.2 Å². The first-order chi connectivity index (χ1) is 9.48. The summed E-state index contributed by atoms with van der Waals surface area (Å²) < 4.78 is 65.5. The van der Waals surface area contributed by atoms with Crippen LogP contribution in [0.5, 0.6) is 0 Å². The van der Waals surface area contributed by atoms with Crippen LogP contribution in [0.3, 0.4) is 0 Å². The second-order valence-electron chi connectivity index (χ2n) is 4.32. The van der Waals surface area contributed by atoms with E-state index in [1.54, 1.807) is 0 Å². The van der Waals surface area contributed by atoms with Crippen LogP contribution in [0, 0.1) is 0 Å². The highest BCUT2D eigenvalue weighted by atomic mass is 35.5. The van der Waals surface area contributed by atoms with E-state index in [1.807, 2.05) is 0 Å². The molecule has 0 bridgehead atoms. The molecule has 114 valence electrons. The number of benzene rings is 1. The number of halogens is 6. The quantitative estimate of drug-likeness (QED) is 0.841. The van der Waals surface area contributed by atoms with Gasteiger partial charge in [-0.2, -0.15) is 22.0 Å². The van der Waals surface area contributed by atoms with Crippen molar-refractivity contribution in [3.63, 3.8) is 0 Å². The lowest BCUT2D eigenvalue weighted by Crippen LogP contribution is -2.36.